The Balaban J connectivity index is 1.45. The second kappa shape index (κ2) is 13.2. The average Bonchev–Trinajstić information content (AvgIpc) is 3.21. The Hall–Kier alpha value is -6.76. The molecular weight excluding hydrogens is 625 g/mol. The fourth-order valence-electron chi connectivity index (χ4n) is 8.31. The molecule has 0 fully saturated rings. The van der Waals surface area contributed by atoms with Crippen LogP contribution in [0.4, 0.5) is 0 Å². The van der Waals surface area contributed by atoms with E-state index in [0.717, 1.165) is 77.5 Å². The summed E-state index contributed by atoms with van der Waals surface area (Å²) < 4.78 is 0. The number of hydrogen-bond acceptors (Lipinski definition) is 0. The first-order valence-corrected chi connectivity index (χ1v) is 17.6. The molecule has 0 aliphatic rings. The molecule has 0 aromatic heterocycles. The van der Waals surface area contributed by atoms with Gasteiger partial charge in [-0.05, 0) is 116 Å². The van der Waals surface area contributed by atoms with Crippen molar-refractivity contribution in [1.82, 2.24) is 0 Å². The molecule has 0 heteroatoms. The highest BCUT2D eigenvalue weighted by molar-refractivity contribution is 6.28. The van der Waals surface area contributed by atoms with Crippen LogP contribution in [0.25, 0.3) is 113 Å². The van der Waals surface area contributed by atoms with Crippen LogP contribution in [-0.2, 0) is 0 Å². The van der Waals surface area contributed by atoms with Crippen LogP contribution in [0.1, 0.15) is 33.4 Å². The van der Waals surface area contributed by atoms with E-state index in [9.17, 15) is 0 Å². The summed E-state index contributed by atoms with van der Waals surface area (Å²) in [5.74, 6) is 0. The summed E-state index contributed by atoms with van der Waals surface area (Å²) in [5.41, 5.74) is 13.0. The third-order valence-electron chi connectivity index (χ3n) is 10.5. The van der Waals surface area contributed by atoms with Gasteiger partial charge in [0, 0.05) is 0 Å². The van der Waals surface area contributed by atoms with Crippen molar-refractivity contribution in [2.45, 2.75) is 0 Å². The minimum absolute atomic E-state index is 1.03. The first-order chi connectivity index (χ1) is 25.6. The van der Waals surface area contributed by atoms with Crippen LogP contribution in [0.5, 0.6) is 0 Å². The van der Waals surface area contributed by atoms with Gasteiger partial charge in [0.1, 0.15) is 0 Å². The van der Waals surface area contributed by atoms with Gasteiger partial charge in [-0.25, -0.2) is 0 Å². The summed E-state index contributed by atoms with van der Waals surface area (Å²) in [5, 5.41) is 9.52. The lowest BCUT2D eigenvalue weighted by Gasteiger charge is -2.23. The van der Waals surface area contributed by atoms with Crippen LogP contribution in [0, 0.1) is 0 Å². The van der Waals surface area contributed by atoms with Crippen molar-refractivity contribution in [2.24, 2.45) is 0 Å². The zero-order chi connectivity index (χ0) is 35.9. The quantitative estimate of drug-likeness (QED) is 0.135. The molecule has 52 heavy (non-hydrogen) atoms. The summed E-state index contributed by atoms with van der Waals surface area (Å²) >= 11 is 0. The summed E-state index contributed by atoms with van der Waals surface area (Å²) in [6.45, 7) is 25.6. The standard InChI is InChI=1S/C52H38/c1-7-33-20-19-27-41(36(33)8-2)34-28-30-35(31-29-34)50-39(11-5)40(12-6)52(47-26-18-17-25-46(47)50)48-32-49-44-23-14-13-21-42(44)43-22-15-16-24-45(43)51(49)38(10-4)37(48)9-3/h7-32H,1-6H2. The van der Waals surface area contributed by atoms with E-state index in [4.69, 9.17) is 0 Å². The van der Waals surface area contributed by atoms with E-state index in [-0.39, 0.29) is 0 Å². The highest BCUT2D eigenvalue weighted by Crippen LogP contribution is 2.48. The van der Waals surface area contributed by atoms with Gasteiger partial charge < -0.3 is 0 Å². The van der Waals surface area contributed by atoms with Crippen molar-refractivity contribution in [3.63, 3.8) is 0 Å². The van der Waals surface area contributed by atoms with Crippen molar-refractivity contribution < 1.29 is 0 Å². The molecule has 0 bridgehead atoms. The lowest BCUT2D eigenvalue weighted by atomic mass is 9.79. The highest BCUT2D eigenvalue weighted by Gasteiger charge is 2.23. The molecule has 8 aromatic carbocycles. The summed E-state index contributed by atoms with van der Waals surface area (Å²) in [7, 11) is 0. The number of fused-ring (bicyclic) bond motifs is 7. The third kappa shape index (κ3) is 4.84. The van der Waals surface area contributed by atoms with E-state index in [1.165, 1.54) is 32.3 Å². The highest BCUT2D eigenvalue weighted by atomic mass is 14.3. The average molecular weight is 663 g/mol. The van der Waals surface area contributed by atoms with Crippen LogP contribution in [0.3, 0.4) is 0 Å². The molecule has 8 rings (SSSR count). The molecule has 0 saturated carbocycles. The van der Waals surface area contributed by atoms with Crippen molar-refractivity contribution in [3.05, 3.63) is 194 Å². The van der Waals surface area contributed by atoms with Gasteiger partial charge >= 0.3 is 0 Å². The van der Waals surface area contributed by atoms with Crippen molar-refractivity contribution >= 4 is 79.5 Å². The predicted octanol–water partition coefficient (Wildman–Crippen LogP) is 15.2. The third-order valence-corrected chi connectivity index (χ3v) is 10.5. The Bertz CT molecular complexity index is 2820. The second-order valence-electron chi connectivity index (χ2n) is 13.0. The van der Waals surface area contributed by atoms with Gasteiger partial charge in [0.25, 0.3) is 0 Å². The minimum Gasteiger partial charge on any atom is -0.0984 e. The number of benzene rings is 8. The van der Waals surface area contributed by atoms with Gasteiger partial charge in [0.05, 0.1) is 0 Å². The number of hydrogen-bond donors (Lipinski definition) is 0. The maximum absolute atomic E-state index is 4.40. The topological polar surface area (TPSA) is 0 Å². The predicted molar refractivity (Wildman–Crippen MR) is 233 cm³/mol. The smallest absolute Gasteiger partial charge is 0.00201 e. The molecule has 246 valence electrons. The fourth-order valence-corrected chi connectivity index (χ4v) is 8.31. The van der Waals surface area contributed by atoms with Crippen LogP contribution < -0.4 is 0 Å². The lowest BCUT2D eigenvalue weighted by Crippen LogP contribution is -1.99. The normalized spacial score (nSPS) is 11.2. The summed E-state index contributed by atoms with van der Waals surface area (Å²) in [4.78, 5) is 0. The Labute approximate surface area is 306 Å². The maximum atomic E-state index is 4.40. The molecule has 0 spiro atoms. The molecule has 0 nitrogen and oxygen atoms in total. The monoisotopic (exact) mass is 662 g/mol. The van der Waals surface area contributed by atoms with Crippen LogP contribution in [-0.4, -0.2) is 0 Å². The molecule has 0 aliphatic heterocycles. The van der Waals surface area contributed by atoms with Gasteiger partial charge in [-0.1, -0.05) is 191 Å². The van der Waals surface area contributed by atoms with E-state index >= 15 is 0 Å². The molecule has 0 aliphatic carbocycles. The largest absolute Gasteiger partial charge is 0.0984 e. The zero-order valence-corrected chi connectivity index (χ0v) is 29.3. The summed E-state index contributed by atoms with van der Waals surface area (Å²) in [6, 6.07) is 43.5. The van der Waals surface area contributed by atoms with Gasteiger partial charge in [0.15, 0.2) is 0 Å². The lowest BCUT2D eigenvalue weighted by molar-refractivity contribution is 1.55. The molecule has 0 N–H and O–H groups in total. The van der Waals surface area contributed by atoms with Gasteiger partial charge in [-0.15, -0.1) is 0 Å². The Morgan fingerprint density at radius 2 is 0.788 bits per heavy atom. The molecular formula is C52H38. The van der Waals surface area contributed by atoms with Crippen LogP contribution >= 0.6 is 0 Å². The Morgan fingerprint density at radius 1 is 0.308 bits per heavy atom. The van der Waals surface area contributed by atoms with E-state index in [2.05, 4.69) is 161 Å². The molecule has 0 heterocycles. The van der Waals surface area contributed by atoms with Crippen LogP contribution in [0.15, 0.2) is 161 Å². The fraction of sp³-hybridized carbons (Fsp3) is 0. The van der Waals surface area contributed by atoms with Gasteiger partial charge in [-0.3, -0.25) is 0 Å². The van der Waals surface area contributed by atoms with Gasteiger partial charge in [-0.2, -0.15) is 0 Å². The SMILES string of the molecule is C=Cc1cccc(-c2ccc(-c3c(C=C)c(C=C)c(-c4cc5c6ccccc6c6ccccc6c5c(C=C)c4C=C)c4ccccc34)cc2)c1C=C. The van der Waals surface area contributed by atoms with Crippen molar-refractivity contribution in [2.75, 3.05) is 0 Å². The molecule has 0 atom stereocenters. The van der Waals surface area contributed by atoms with Gasteiger partial charge in [0.2, 0.25) is 0 Å². The van der Waals surface area contributed by atoms with E-state index in [1.807, 2.05) is 36.5 Å². The first kappa shape index (κ1) is 32.4. The molecule has 8 aromatic rings. The van der Waals surface area contributed by atoms with Crippen LogP contribution in [0.2, 0.25) is 0 Å². The molecule has 0 saturated heterocycles. The minimum atomic E-state index is 1.03. The summed E-state index contributed by atoms with van der Waals surface area (Å²) in [6.07, 6.45) is 11.7. The van der Waals surface area contributed by atoms with Crippen molar-refractivity contribution in [3.8, 4) is 33.4 Å². The Morgan fingerprint density at radius 3 is 1.37 bits per heavy atom. The molecule has 0 unspecified atom stereocenters. The second-order valence-corrected chi connectivity index (χ2v) is 13.0. The maximum Gasteiger partial charge on any atom is -0.00201 e. The Kier molecular flexibility index (Phi) is 8.22. The zero-order valence-electron chi connectivity index (χ0n) is 29.3. The van der Waals surface area contributed by atoms with E-state index in [1.54, 1.807) is 0 Å². The van der Waals surface area contributed by atoms with E-state index in [0.29, 0.717) is 0 Å². The van der Waals surface area contributed by atoms with E-state index < -0.39 is 0 Å². The number of rotatable bonds is 9. The molecule has 0 amide bonds. The molecule has 0 radical (unpaired) electrons. The van der Waals surface area contributed by atoms with Crippen molar-refractivity contribution in [1.29, 1.82) is 0 Å². The first-order valence-electron chi connectivity index (χ1n) is 17.6.